The van der Waals surface area contributed by atoms with E-state index >= 15 is 0 Å². The lowest BCUT2D eigenvalue weighted by molar-refractivity contribution is -0.130. The van der Waals surface area contributed by atoms with Crippen LogP contribution in [0.25, 0.3) is 0 Å². The Morgan fingerprint density at radius 3 is 2.32 bits per heavy atom. The summed E-state index contributed by atoms with van der Waals surface area (Å²) in [6, 6.07) is 13.5. The largest absolute Gasteiger partial charge is 0.446 e. The summed E-state index contributed by atoms with van der Waals surface area (Å²) >= 11 is 8.66. The van der Waals surface area contributed by atoms with Crippen molar-refractivity contribution in [1.29, 1.82) is 0 Å². The molecule has 0 aliphatic carbocycles. The molecule has 0 aromatic heterocycles. The molecule has 2 unspecified atom stereocenters. The van der Waals surface area contributed by atoms with Gasteiger partial charge in [-0.2, -0.15) is 0 Å². The zero-order chi connectivity index (χ0) is 29.1. The number of piperidine rings is 1. The number of hydrogen-bond acceptors (Lipinski definition) is 5. The van der Waals surface area contributed by atoms with Crippen LogP contribution in [-0.4, -0.2) is 91.1 Å². The molecule has 3 aliphatic rings. The molecule has 0 saturated carbocycles. The molecular formula is C31H38ClIN4O4. The Bertz CT molecular complexity index is 1270. The van der Waals surface area contributed by atoms with Crippen molar-refractivity contribution in [2.75, 3.05) is 57.3 Å². The molecule has 3 fully saturated rings. The third kappa shape index (κ3) is 7.17. The van der Waals surface area contributed by atoms with Gasteiger partial charge in [0, 0.05) is 79.9 Å². The summed E-state index contributed by atoms with van der Waals surface area (Å²) in [6.45, 7) is 9.66. The van der Waals surface area contributed by atoms with E-state index in [2.05, 4.69) is 27.5 Å². The van der Waals surface area contributed by atoms with Gasteiger partial charge in [0.2, 0.25) is 5.91 Å². The number of likely N-dealkylation sites (tertiary alicyclic amines) is 3. The number of ether oxygens (including phenoxy) is 1. The van der Waals surface area contributed by atoms with Gasteiger partial charge >= 0.3 is 6.09 Å². The first-order valence-corrected chi connectivity index (χ1v) is 15.9. The number of aryl methyl sites for hydroxylation is 1. The lowest BCUT2D eigenvalue weighted by atomic mass is 10.0. The molecule has 8 nitrogen and oxygen atoms in total. The Morgan fingerprint density at radius 2 is 1.68 bits per heavy atom. The number of fused-ring (bicyclic) bond motifs is 1. The standard InChI is InChI=1S/C31H38ClIN4O4/c1-21-8-9-25(16-28(21)32)37(31(40)41-26-10-14-35(15-11-26)22(2)38)13-5-12-34-17-23-19-36(20-24(23)18-34)30(39)27-6-3-4-7-29(27)33/h3-4,6-9,16,23-24,26H,5,10-15,17-20H2,1-2H3. The lowest BCUT2D eigenvalue weighted by Gasteiger charge is -2.32. The van der Waals surface area contributed by atoms with Crippen molar-refractivity contribution in [3.8, 4) is 0 Å². The lowest BCUT2D eigenvalue weighted by Crippen LogP contribution is -2.43. The maximum absolute atomic E-state index is 13.4. The molecule has 3 aliphatic heterocycles. The van der Waals surface area contributed by atoms with Crippen LogP contribution in [0.5, 0.6) is 0 Å². The predicted octanol–water partition coefficient (Wildman–Crippen LogP) is 5.30. The first-order chi connectivity index (χ1) is 19.7. The van der Waals surface area contributed by atoms with Crippen molar-refractivity contribution in [1.82, 2.24) is 14.7 Å². The highest BCUT2D eigenvalue weighted by atomic mass is 127. The van der Waals surface area contributed by atoms with Crippen LogP contribution in [0.1, 0.15) is 42.1 Å². The monoisotopic (exact) mass is 692 g/mol. The fourth-order valence-corrected chi connectivity index (χ4v) is 7.06. The van der Waals surface area contributed by atoms with E-state index in [1.807, 2.05) is 54.3 Å². The van der Waals surface area contributed by atoms with E-state index < -0.39 is 0 Å². The van der Waals surface area contributed by atoms with Crippen molar-refractivity contribution < 1.29 is 19.1 Å². The average Bonchev–Trinajstić information content (AvgIpc) is 3.52. The Morgan fingerprint density at radius 1 is 1.00 bits per heavy atom. The van der Waals surface area contributed by atoms with Gasteiger partial charge in [0.05, 0.1) is 5.56 Å². The third-order valence-electron chi connectivity index (χ3n) is 8.65. The number of hydrogen-bond donors (Lipinski definition) is 0. The molecule has 0 radical (unpaired) electrons. The highest BCUT2D eigenvalue weighted by Crippen LogP contribution is 2.33. The van der Waals surface area contributed by atoms with Crippen LogP contribution in [0, 0.1) is 22.3 Å². The normalized spacial score (nSPS) is 21.2. The molecule has 5 rings (SSSR count). The van der Waals surface area contributed by atoms with E-state index in [-0.39, 0.29) is 24.0 Å². The summed E-state index contributed by atoms with van der Waals surface area (Å²) in [6.07, 6.45) is 1.52. The highest BCUT2D eigenvalue weighted by molar-refractivity contribution is 14.1. The predicted molar refractivity (Wildman–Crippen MR) is 168 cm³/mol. The molecule has 0 spiro atoms. The molecule has 10 heteroatoms. The van der Waals surface area contributed by atoms with Gasteiger partial charge < -0.3 is 19.4 Å². The van der Waals surface area contributed by atoms with Crippen LogP contribution in [0.3, 0.4) is 0 Å². The second-order valence-electron chi connectivity index (χ2n) is 11.5. The molecule has 3 heterocycles. The molecule has 0 bridgehead atoms. The summed E-state index contributed by atoms with van der Waals surface area (Å²) in [5.41, 5.74) is 2.48. The second kappa shape index (κ2) is 13.3. The van der Waals surface area contributed by atoms with Gasteiger partial charge in [0.25, 0.3) is 5.91 Å². The minimum atomic E-state index is -0.366. The molecule has 2 aromatic rings. The Labute approximate surface area is 261 Å². The zero-order valence-electron chi connectivity index (χ0n) is 23.7. The van der Waals surface area contributed by atoms with Crippen molar-refractivity contribution in [3.63, 3.8) is 0 Å². The highest BCUT2D eigenvalue weighted by Gasteiger charge is 2.41. The first-order valence-electron chi connectivity index (χ1n) is 14.5. The molecule has 0 N–H and O–H groups in total. The molecule has 3 saturated heterocycles. The van der Waals surface area contributed by atoms with E-state index in [1.54, 1.807) is 16.7 Å². The third-order valence-corrected chi connectivity index (χ3v) is 10.00. The van der Waals surface area contributed by atoms with Crippen LogP contribution in [0.15, 0.2) is 42.5 Å². The number of amides is 3. The van der Waals surface area contributed by atoms with E-state index in [0.29, 0.717) is 49.3 Å². The van der Waals surface area contributed by atoms with Gasteiger partial charge in [-0.05, 0) is 84.1 Å². The smallest absolute Gasteiger partial charge is 0.414 e. The molecule has 220 valence electrons. The average molecular weight is 693 g/mol. The molecular weight excluding hydrogens is 655 g/mol. The van der Waals surface area contributed by atoms with Crippen molar-refractivity contribution in [2.24, 2.45) is 11.8 Å². The zero-order valence-corrected chi connectivity index (χ0v) is 26.6. The van der Waals surface area contributed by atoms with Crippen LogP contribution >= 0.6 is 34.2 Å². The maximum atomic E-state index is 13.4. The van der Waals surface area contributed by atoms with Crippen molar-refractivity contribution in [2.45, 2.75) is 39.2 Å². The van der Waals surface area contributed by atoms with Gasteiger partial charge in [0.1, 0.15) is 6.10 Å². The van der Waals surface area contributed by atoms with E-state index in [4.69, 9.17) is 16.3 Å². The quantitative estimate of drug-likeness (QED) is 0.369. The molecule has 41 heavy (non-hydrogen) atoms. The van der Waals surface area contributed by atoms with E-state index in [9.17, 15) is 14.4 Å². The van der Waals surface area contributed by atoms with E-state index in [1.165, 1.54) is 0 Å². The number of halogens is 2. The molecule has 2 atom stereocenters. The van der Waals surface area contributed by atoms with Gasteiger partial charge in [-0.3, -0.25) is 14.5 Å². The summed E-state index contributed by atoms with van der Waals surface area (Å²) in [7, 11) is 0. The van der Waals surface area contributed by atoms with Crippen molar-refractivity contribution in [3.05, 3.63) is 62.2 Å². The number of benzene rings is 2. The van der Waals surface area contributed by atoms with E-state index in [0.717, 1.165) is 59.5 Å². The number of anilines is 1. The number of carbonyl (C=O) groups is 3. The van der Waals surface area contributed by atoms with Crippen LogP contribution < -0.4 is 4.90 Å². The topological polar surface area (TPSA) is 73.4 Å². The van der Waals surface area contributed by atoms with Crippen LogP contribution in [0.4, 0.5) is 10.5 Å². The fraction of sp³-hybridized carbons (Fsp3) is 0.516. The fourth-order valence-electron chi connectivity index (χ4n) is 6.27. The maximum Gasteiger partial charge on any atom is 0.414 e. The number of nitrogens with zero attached hydrogens (tertiary/aromatic N) is 4. The van der Waals surface area contributed by atoms with Crippen molar-refractivity contribution >= 4 is 57.8 Å². The summed E-state index contributed by atoms with van der Waals surface area (Å²) in [5.74, 6) is 1.16. The summed E-state index contributed by atoms with van der Waals surface area (Å²) in [4.78, 5) is 46.1. The minimum absolute atomic E-state index is 0.0574. The Balaban J connectivity index is 1.14. The molecule has 3 amide bonds. The molecule has 2 aromatic carbocycles. The van der Waals surface area contributed by atoms with Gasteiger partial charge in [0.15, 0.2) is 0 Å². The van der Waals surface area contributed by atoms with Gasteiger partial charge in [-0.25, -0.2) is 4.79 Å². The minimum Gasteiger partial charge on any atom is -0.446 e. The SMILES string of the molecule is CC(=O)N1CCC(OC(=O)N(CCCN2CC3CN(C(=O)c4ccccc4I)CC3C2)c2ccc(C)c(Cl)c2)CC1. The Kier molecular flexibility index (Phi) is 9.76. The second-order valence-corrected chi connectivity index (χ2v) is 13.1. The first kappa shape index (κ1) is 30.1. The van der Waals surface area contributed by atoms with Gasteiger partial charge in [-0.15, -0.1) is 0 Å². The van der Waals surface area contributed by atoms with Crippen LogP contribution in [-0.2, 0) is 9.53 Å². The Hall–Kier alpha value is -2.37. The van der Waals surface area contributed by atoms with Gasteiger partial charge in [-0.1, -0.05) is 29.8 Å². The summed E-state index contributed by atoms with van der Waals surface area (Å²) in [5, 5.41) is 0.617. The van der Waals surface area contributed by atoms with Crippen LogP contribution in [0.2, 0.25) is 5.02 Å². The number of carbonyl (C=O) groups excluding carboxylic acids is 3. The number of rotatable bonds is 7. The summed E-state index contributed by atoms with van der Waals surface area (Å²) < 4.78 is 6.92.